The van der Waals surface area contributed by atoms with E-state index in [9.17, 15) is 13.2 Å². The molecule has 1 atom stereocenters. The zero-order chi connectivity index (χ0) is 19.3. The van der Waals surface area contributed by atoms with Gasteiger partial charge in [-0.2, -0.15) is 9.41 Å². The van der Waals surface area contributed by atoms with Crippen LogP contribution < -0.4 is 5.43 Å². The molecular formula is C19H22N4O3S. The molecule has 0 radical (unpaired) electrons. The molecule has 1 saturated heterocycles. The largest absolute Gasteiger partial charge is 0.273 e. The Labute approximate surface area is 159 Å². The maximum atomic E-state index is 12.8. The van der Waals surface area contributed by atoms with Crippen LogP contribution in [0, 0.1) is 5.92 Å². The molecule has 0 saturated carbocycles. The van der Waals surface area contributed by atoms with E-state index in [2.05, 4.69) is 15.5 Å². The first-order valence-electron chi connectivity index (χ1n) is 8.78. The number of benzene rings is 1. The molecule has 1 aliphatic rings. The van der Waals surface area contributed by atoms with Gasteiger partial charge in [0.25, 0.3) is 0 Å². The Morgan fingerprint density at radius 2 is 2.00 bits per heavy atom. The third-order valence-corrected chi connectivity index (χ3v) is 6.43. The van der Waals surface area contributed by atoms with Gasteiger partial charge in [0.15, 0.2) is 0 Å². The number of rotatable bonds is 5. The molecule has 1 aromatic carbocycles. The predicted octanol–water partition coefficient (Wildman–Crippen LogP) is 2.02. The van der Waals surface area contributed by atoms with Gasteiger partial charge in [-0.1, -0.05) is 24.3 Å². The van der Waals surface area contributed by atoms with Crippen LogP contribution in [-0.2, 0) is 14.8 Å². The highest BCUT2D eigenvalue weighted by atomic mass is 32.2. The molecular weight excluding hydrogens is 364 g/mol. The van der Waals surface area contributed by atoms with Crippen LogP contribution in [0.1, 0.15) is 25.3 Å². The molecule has 142 valence electrons. The molecule has 0 aliphatic carbocycles. The molecule has 0 spiro atoms. The topological polar surface area (TPSA) is 91.7 Å². The summed E-state index contributed by atoms with van der Waals surface area (Å²) >= 11 is 0. The standard InChI is InChI=1S/C19H22N4O3S/c1-15(16-7-5-11-20-13-16)21-22-19(24)17-8-6-12-23(14-17)27(25,26)18-9-3-2-4-10-18/h2-5,7,9-11,13,17H,6,8,12,14H2,1H3,(H,22,24)/b21-15-/t17-/m0/s1. The molecule has 1 amide bonds. The van der Waals surface area contributed by atoms with Crippen molar-refractivity contribution in [3.63, 3.8) is 0 Å². The second-order valence-corrected chi connectivity index (χ2v) is 8.37. The van der Waals surface area contributed by atoms with Crippen molar-refractivity contribution in [1.82, 2.24) is 14.7 Å². The van der Waals surface area contributed by atoms with E-state index in [0.29, 0.717) is 25.1 Å². The minimum absolute atomic E-state index is 0.157. The van der Waals surface area contributed by atoms with Crippen molar-refractivity contribution < 1.29 is 13.2 Å². The lowest BCUT2D eigenvalue weighted by atomic mass is 9.99. The molecule has 0 bridgehead atoms. The third kappa shape index (κ3) is 4.58. The van der Waals surface area contributed by atoms with Crippen molar-refractivity contribution in [1.29, 1.82) is 0 Å². The summed E-state index contributed by atoms with van der Waals surface area (Å²) < 4.78 is 26.9. The number of nitrogens with zero attached hydrogens (tertiary/aromatic N) is 3. The number of hydrazone groups is 1. The zero-order valence-corrected chi connectivity index (χ0v) is 15.9. The SMILES string of the molecule is C/C(=N/NC(=O)[C@H]1CCCN(S(=O)(=O)c2ccccc2)C1)c1cccnc1. The molecule has 27 heavy (non-hydrogen) atoms. The quantitative estimate of drug-likeness (QED) is 0.629. The number of piperidine rings is 1. The lowest BCUT2D eigenvalue weighted by molar-refractivity contribution is -0.126. The van der Waals surface area contributed by atoms with Gasteiger partial charge in [0.05, 0.1) is 16.5 Å². The molecule has 2 aromatic rings. The van der Waals surface area contributed by atoms with E-state index in [1.807, 2.05) is 6.07 Å². The van der Waals surface area contributed by atoms with Crippen molar-refractivity contribution >= 4 is 21.6 Å². The molecule has 3 rings (SSSR count). The number of carbonyl (C=O) groups excluding carboxylic acids is 1. The Morgan fingerprint density at radius 1 is 1.22 bits per heavy atom. The Balaban J connectivity index is 1.66. The Morgan fingerprint density at radius 3 is 2.70 bits per heavy atom. The summed E-state index contributed by atoms with van der Waals surface area (Å²) in [5.41, 5.74) is 4.02. The summed E-state index contributed by atoms with van der Waals surface area (Å²) in [6.07, 6.45) is 4.60. The second-order valence-electron chi connectivity index (χ2n) is 6.43. The van der Waals surface area contributed by atoms with Crippen molar-refractivity contribution in [3.05, 3.63) is 60.4 Å². The summed E-state index contributed by atoms with van der Waals surface area (Å²) in [6.45, 7) is 2.35. The summed E-state index contributed by atoms with van der Waals surface area (Å²) in [4.78, 5) is 16.8. The fourth-order valence-electron chi connectivity index (χ4n) is 2.99. The molecule has 2 heterocycles. The van der Waals surface area contributed by atoms with Crippen molar-refractivity contribution in [2.75, 3.05) is 13.1 Å². The molecule has 1 fully saturated rings. The Bertz CT molecular complexity index is 914. The average Bonchev–Trinajstić information content (AvgIpc) is 2.73. The number of hydrogen-bond donors (Lipinski definition) is 1. The van der Waals surface area contributed by atoms with Crippen LogP contribution in [0.15, 0.2) is 64.9 Å². The van der Waals surface area contributed by atoms with Gasteiger partial charge in [-0.3, -0.25) is 9.78 Å². The van der Waals surface area contributed by atoms with Gasteiger partial charge in [0.1, 0.15) is 0 Å². The fourth-order valence-corrected chi connectivity index (χ4v) is 4.53. The van der Waals surface area contributed by atoms with E-state index in [1.54, 1.807) is 55.7 Å². The van der Waals surface area contributed by atoms with E-state index in [0.717, 1.165) is 5.56 Å². The van der Waals surface area contributed by atoms with E-state index in [-0.39, 0.29) is 17.3 Å². The van der Waals surface area contributed by atoms with Crippen LogP contribution in [0.25, 0.3) is 0 Å². The molecule has 7 nitrogen and oxygen atoms in total. The first-order chi connectivity index (χ1) is 13.0. The minimum Gasteiger partial charge on any atom is -0.273 e. The highest BCUT2D eigenvalue weighted by Gasteiger charge is 2.33. The van der Waals surface area contributed by atoms with Crippen molar-refractivity contribution in [2.45, 2.75) is 24.7 Å². The van der Waals surface area contributed by atoms with Gasteiger partial charge in [0, 0.05) is 31.0 Å². The van der Waals surface area contributed by atoms with Crippen LogP contribution >= 0.6 is 0 Å². The van der Waals surface area contributed by atoms with Crippen molar-refractivity contribution in [3.8, 4) is 0 Å². The van der Waals surface area contributed by atoms with Crippen LogP contribution in [0.2, 0.25) is 0 Å². The Hall–Kier alpha value is -2.58. The average molecular weight is 386 g/mol. The number of amides is 1. The number of sulfonamides is 1. The lowest BCUT2D eigenvalue weighted by Gasteiger charge is -2.30. The Kier molecular flexibility index (Phi) is 5.98. The summed E-state index contributed by atoms with van der Waals surface area (Å²) in [6, 6.07) is 11.9. The van der Waals surface area contributed by atoms with Gasteiger partial charge < -0.3 is 0 Å². The summed E-state index contributed by atoms with van der Waals surface area (Å²) in [7, 11) is -3.59. The normalized spacial score (nSPS) is 18.9. The molecule has 1 N–H and O–H groups in total. The lowest BCUT2D eigenvalue weighted by Crippen LogP contribution is -2.44. The van der Waals surface area contributed by atoms with Gasteiger partial charge in [-0.25, -0.2) is 13.8 Å². The van der Waals surface area contributed by atoms with E-state index in [4.69, 9.17) is 0 Å². The van der Waals surface area contributed by atoms with Crippen LogP contribution in [0.4, 0.5) is 0 Å². The monoisotopic (exact) mass is 386 g/mol. The number of pyridine rings is 1. The first kappa shape index (κ1) is 19.2. The van der Waals surface area contributed by atoms with Gasteiger partial charge in [-0.15, -0.1) is 0 Å². The zero-order valence-electron chi connectivity index (χ0n) is 15.1. The fraction of sp³-hybridized carbons (Fsp3) is 0.316. The smallest absolute Gasteiger partial charge is 0.244 e. The summed E-state index contributed by atoms with van der Waals surface area (Å²) in [5.74, 6) is -0.700. The third-order valence-electron chi connectivity index (χ3n) is 4.55. The van der Waals surface area contributed by atoms with Crippen LogP contribution in [0.3, 0.4) is 0 Å². The van der Waals surface area contributed by atoms with Crippen LogP contribution in [0.5, 0.6) is 0 Å². The number of carbonyl (C=O) groups is 1. The molecule has 8 heteroatoms. The van der Waals surface area contributed by atoms with E-state index in [1.165, 1.54) is 4.31 Å². The maximum absolute atomic E-state index is 12.8. The first-order valence-corrected chi connectivity index (χ1v) is 10.2. The highest BCUT2D eigenvalue weighted by molar-refractivity contribution is 7.89. The molecule has 1 aromatic heterocycles. The van der Waals surface area contributed by atoms with Crippen LogP contribution in [-0.4, -0.2) is 42.4 Å². The van der Waals surface area contributed by atoms with Gasteiger partial charge in [0.2, 0.25) is 15.9 Å². The minimum atomic E-state index is -3.59. The number of hydrogen-bond acceptors (Lipinski definition) is 5. The van der Waals surface area contributed by atoms with Crippen molar-refractivity contribution in [2.24, 2.45) is 11.0 Å². The predicted molar refractivity (Wildman–Crippen MR) is 103 cm³/mol. The summed E-state index contributed by atoms with van der Waals surface area (Å²) in [5, 5.41) is 4.12. The van der Waals surface area contributed by atoms with Gasteiger partial charge in [-0.05, 0) is 38.0 Å². The second kappa shape index (κ2) is 8.41. The molecule has 1 aliphatic heterocycles. The molecule has 0 unspecified atom stereocenters. The number of nitrogens with one attached hydrogen (secondary N) is 1. The van der Waals surface area contributed by atoms with Gasteiger partial charge >= 0.3 is 0 Å². The van der Waals surface area contributed by atoms with E-state index >= 15 is 0 Å². The maximum Gasteiger partial charge on any atom is 0.244 e. The van der Waals surface area contributed by atoms with E-state index < -0.39 is 15.9 Å². The highest BCUT2D eigenvalue weighted by Crippen LogP contribution is 2.23. The number of aromatic nitrogens is 1.